The molecule has 0 radical (unpaired) electrons. The summed E-state index contributed by atoms with van der Waals surface area (Å²) >= 11 is 0. The van der Waals surface area contributed by atoms with Crippen LogP contribution in [-0.2, 0) is 4.74 Å². The van der Waals surface area contributed by atoms with Gasteiger partial charge in [0.25, 0.3) is 0 Å². The van der Waals surface area contributed by atoms with Crippen molar-refractivity contribution in [3.05, 3.63) is 17.7 Å². The van der Waals surface area contributed by atoms with E-state index in [0.717, 1.165) is 37.8 Å². The number of hydrogen-bond donors (Lipinski definition) is 3. The van der Waals surface area contributed by atoms with Crippen molar-refractivity contribution in [3.63, 3.8) is 0 Å². The molecule has 0 unspecified atom stereocenters. The molecule has 0 amide bonds. The van der Waals surface area contributed by atoms with Gasteiger partial charge in [-0.05, 0) is 56.6 Å². The monoisotopic (exact) mass is 308 g/mol. The molecule has 0 saturated heterocycles. The third-order valence-electron chi connectivity index (χ3n) is 4.68. The molecule has 122 valence electrons. The van der Waals surface area contributed by atoms with Crippen LogP contribution in [0.3, 0.4) is 0 Å². The van der Waals surface area contributed by atoms with Crippen molar-refractivity contribution >= 4 is 5.97 Å². The van der Waals surface area contributed by atoms with Crippen LogP contribution in [0.1, 0.15) is 56.8 Å². The smallest absolute Gasteiger partial charge is 0.338 e. The van der Waals surface area contributed by atoms with E-state index in [2.05, 4.69) is 13.8 Å². The van der Waals surface area contributed by atoms with E-state index in [1.807, 2.05) is 6.92 Å². The van der Waals surface area contributed by atoms with E-state index in [1.165, 1.54) is 0 Å². The van der Waals surface area contributed by atoms with Gasteiger partial charge in [-0.1, -0.05) is 13.8 Å². The summed E-state index contributed by atoms with van der Waals surface area (Å²) in [5.74, 6) is -1.03. The first kappa shape index (κ1) is 16.5. The molecule has 0 aliphatic heterocycles. The second kappa shape index (κ2) is 6.07. The Morgan fingerprint density at radius 1 is 1.18 bits per heavy atom. The quantitative estimate of drug-likeness (QED) is 0.587. The van der Waals surface area contributed by atoms with Gasteiger partial charge >= 0.3 is 5.97 Å². The zero-order valence-electron chi connectivity index (χ0n) is 13.3. The van der Waals surface area contributed by atoms with Gasteiger partial charge in [0, 0.05) is 0 Å². The molecule has 1 saturated carbocycles. The highest BCUT2D eigenvalue weighted by Gasteiger charge is 2.35. The zero-order chi connectivity index (χ0) is 16.5. The molecule has 0 atom stereocenters. The second-order valence-corrected chi connectivity index (χ2v) is 6.78. The van der Waals surface area contributed by atoms with Gasteiger partial charge in [-0.15, -0.1) is 0 Å². The van der Waals surface area contributed by atoms with Crippen LogP contribution in [0.2, 0.25) is 0 Å². The minimum absolute atomic E-state index is 0.0278. The van der Waals surface area contributed by atoms with Crippen molar-refractivity contribution in [3.8, 4) is 17.2 Å². The fraction of sp³-hybridized carbons (Fsp3) is 0.588. The van der Waals surface area contributed by atoms with Crippen molar-refractivity contribution in [2.75, 3.05) is 0 Å². The number of rotatable bonds is 3. The Morgan fingerprint density at radius 3 is 2.14 bits per heavy atom. The molecule has 22 heavy (non-hydrogen) atoms. The molecule has 1 fully saturated rings. The van der Waals surface area contributed by atoms with Gasteiger partial charge in [0.15, 0.2) is 17.2 Å². The molecule has 1 aromatic carbocycles. The van der Waals surface area contributed by atoms with Crippen molar-refractivity contribution in [2.45, 2.75) is 52.1 Å². The van der Waals surface area contributed by atoms with Crippen molar-refractivity contribution in [1.29, 1.82) is 0 Å². The van der Waals surface area contributed by atoms with E-state index < -0.39 is 28.8 Å². The van der Waals surface area contributed by atoms with Crippen molar-refractivity contribution < 1.29 is 24.9 Å². The number of esters is 1. The Labute approximate surface area is 130 Å². The van der Waals surface area contributed by atoms with Gasteiger partial charge in [0.05, 0.1) is 5.56 Å². The number of phenolic OH excluding ortho intramolecular Hbond substituents is 3. The Hall–Kier alpha value is -1.91. The van der Waals surface area contributed by atoms with E-state index >= 15 is 0 Å². The molecule has 3 N–H and O–H groups in total. The molecule has 1 aromatic rings. The SMILES string of the molecule is CC(C)C1CCC(C)(OC(=O)c2cc(O)c(O)c(O)c2)CC1. The van der Waals surface area contributed by atoms with Crippen molar-refractivity contribution in [2.24, 2.45) is 11.8 Å². The van der Waals surface area contributed by atoms with Crippen LogP contribution < -0.4 is 0 Å². The van der Waals surface area contributed by atoms with Gasteiger partial charge in [0.2, 0.25) is 0 Å². The maximum absolute atomic E-state index is 12.2. The van der Waals surface area contributed by atoms with Crippen molar-refractivity contribution in [1.82, 2.24) is 0 Å². The molecule has 0 heterocycles. The Morgan fingerprint density at radius 2 is 1.68 bits per heavy atom. The predicted molar refractivity (Wildman–Crippen MR) is 82.1 cm³/mol. The molecule has 5 heteroatoms. The maximum atomic E-state index is 12.2. The lowest BCUT2D eigenvalue weighted by Gasteiger charge is -2.38. The van der Waals surface area contributed by atoms with E-state index in [-0.39, 0.29) is 5.56 Å². The van der Waals surface area contributed by atoms with Crippen LogP contribution in [0.4, 0.5) is 0 Å². The Kier molecular flexibility index (Phi) is 4.54. The van der Waals surface area contributed by atoms with Crippen LogP contribution in [0.15, 0.2) is 12.1 Å². The van der Waals surface area contributed by atoms with Crippen LogP contribution >= 0.6 is 0 Å². The Bertz CT molecular complexity index is 533. The van der Waals surface area contributed by atoms with E-state index in [9.17, 15) is 20.1 Å². The van der Waals surface area contributed by atoms with Crippen LogP contribution in [-0.4, -0.2) is 26.9 Å². The average Bonchev–Trinajstić information content (AvgIpc) is 2.44. The average molecular weight is 308 g/mol. The summed E-state index contributed by atoms with van der Waals surface area (Å²) in [5.41, 5.74) is -0.494. The number of carbonyl (C=O) groups excluding carboxylic acids is 1. The van der Waals surface area contributed by atoms with Gasteiger partial charge in [-0.25, -0.2) is 4.79 Å². The molecule has 0 bridgehead atoms. The highest BCUT2D eigenvalue weighted by molar-refractivity contribution is 5.91. The molecule has 1 aliphatic carbocycles. The van der Waals surface area contributed by atoms with Crippen LogP contribution in [0.25, 0.3) is 0 Å². The van der Waals surface area contributed by atoms with Crippen LogP contribution in [0.5, 0.6) is 17.2 Å². The predicted octanol–water partition coefficient (Wildman–Crippen LogP) is 3.57. The largest absolute Gasteiger partial charge is 0.504 e. The van der Waals surface area contributed by atoms with Gasteiger partial charge in [0.1, 0.15) is 5.60 Å². The molecule has 0 aromatic heterocycles. The third kappa shape index (κ3) is 3.46. The fourth-order valence-electron chi connectivity index (χ4n) is 3.02. The minimum Gasteiger partial charge on any atom is -0.504 e. The first-order valence-corrected chi connectivity index (χ1v) is 7.70. The first-order valence-electron chi connectivity index (χ1n) is 7.70. The summed E-state index contributed by atoms with van der Waals surface area (Å²) in [6, 6.07) is 2.20. The molecule has 0 spiro atoms. The summed E-state index contributed by atoms with van der Waals surface area (Å²) in [4.78, 5) is 12.2. The lowest BCUT2D eigenvalue weighted by Crippen LogP contribution is -2.37. The number of hydrogen-bond acceptors (Lipinski definition) is 5. The topological polar surface area (TPSA) is 87.0 Å². The highest BCUT2D eigenvalue weighted by Crippen LogP contribution is 2.39. The lowest BCUT2D eigenvalue weighted by molar-refractivity contribution is -0.0372. The maximum Gasteiger partial charge on any atom is 0.338 e. The van der Waals surface area contributed by atoms with Crippen LogP contribution in [0, 0.1) is 11.8 Å². The van der Waals surface area contributed by atoms with E-state index in [4.69, 9.17) is 4.74 Å². The molecule has 1 aliphatic rings. The van der Waals surface area contributed by atoms with E-state index in [1.54, 1.807) is 0 Å². The van der Waals surface area contributed by atoms with E-state index in [0.29, 0.717) is 11.8 Å². The molecular weight excluding hydrogens is 284 g/mol. The first-order chi connectivity index (χ1) is 10.2. The lowest BCUT2D eigenvalue weighted by atomic mass is 9.75. The summed E-state index contributed by atoms with van der Waals surface area (Å²) in [6.07, 6.45) is 3.65. The second-order valence-electron chi connectivity index (χ2n) is 6.78. The Balaban J connectivity index is 2.06. The molecule has 2 rings (SSSR count). The minimum atomic E-state index is -0.639. The number of benzene rings is 1. The highest BCUT2D eigenvalue weighted by atomic mass is 16.6. The summed E-state index contributed by atoms with van der Waals surface area (Å²) in [5, 5.41) is 28.3. The number of phenols is 3. The summed E-state index contributed by atoms with van der Waals surface area (Å²) < 4.78 is 5.60. The molecular formula is C17H24O5. The number of aromatic hydroxyl groups is 3. The number of ether oxygens (including phenoxy) is 1. The summed E-state index contributed by atoms with van der Waals surface area (Å²) in [6.45, 7) is 6.34. The summed E-state index contributed by atoms with van der Waals surface area (Å²) in [7, 11) is 0. The fourth-order valence-corrected chi connectivity index (χ4v) is 3.02. The van der Waals surface area contributed by atoms with Gasteiger partial charge < -0.3 is 20.1 Å². The third-order valence-corrected chi connectivity index (χ3v) is 4.68. The standard InChI is InChI=1S/C17H24O5/c1-10(2)11-4-6-17(3,7-5-11)22-16(21)12-8-13(18)15(20)14(19)9-12/h8-11,18-20H,4-7H2,1-3H3. The molecule has 5 nitrogen and oxygen atoms in total. The normalized spacial score (nSPS) is 25.2. The van der Waals surface area contributed by atoms with Gasteiger partial charge in [-0.2, -0.15) is 0 Å². The number of carbonyl (C=O) groups is 1. The zero-order valence-corrected chi connectivity index (χ0v) is 13.3. The van der Waals surface area contributed by atoms with Gasteiger partial charge in [-0.3, -0.25) is 0 Å².